The third kappa shape index (κ3) is 3.40. The van der Waals surface area contributed by atoms with Gasteiger partial charge in [-0.3, -0.25) is 4.79 Å². The Labute approximate surface area is 124 Å². The summed E-state index contributed by atoms with van der Waals surface area (Å²) < 4.78 is 0. The molecule has 2 rings (SSSR count). The van der Waals surface area contributed by atoms with E-state index in [4.69, 9.17) is 16.7 Å². The zero-order chi connectivity index (χ0) is 14.7. The number of halogens is 1. The van der Waals surface area contributed by atoms with Crippen molar-refractivity contribution in [3.63, 3.8) is 0 Å². The highest BCUT2D eigenvalue weighted by molar-refractivity contribution is 6.30. The van der Waals surface area contributed by atoms with Gasteiger partial charge in [0.1, 0.15) is 0 Å². The third-order valence-corrected chi connectivity index (χ3v) is 3.71. The Kier molecular flexibility index (Phi) is 4.46. The zero-order valence-electron chi connectivity index (χ0n) is 11.6. The van der Waals surface area contributed by atoms with Crippen LogP contribution in [-0.4, -0.2) is 11.1 Å². The van der Waals surface area contributed by atoms with Crippen LogP contribution in [0.5, 0.6) is 0 Å². The van der Waals surface area contributed by atoms with Crippen molar-refractivity contribution in [2.45, 2.75) is 26.2 Å². The van der Waals surface area contributed by atoms with Gasteiger partial charge in [0.2, 0.25) is 0 Å². The lowest BCUT2D eigenvalue weighted by Crippen LogP contribution is -2.02. The fourth-order valence-corrected chi connectivity index (χ4v) is 2.45. The summed E-state index contributed by atoms with van der Waals surface area (Å²) in [6, 6.07) is 13.8. The van der Waals surface area contributed by atoms with Crippen LogP contribution in [0.4, 0.5) is 0 Å². The van der Waals surface area contributed by atoms with Crippen molar-refractivity contribution in [2.75, 3.05) is 0 Å². The second-order valence-corrected chi connectivity index (χ2v) is 5.52. The molecule has 2 aromatic carbocycles. The number of carbonyl (C=O) groups is 1. The first kappa shape index (κ1) is 14.6. The van der Waals surface area contributed by atoms with Crippen molar-refractivity contribution < 1.29 is 9.90 Å². The van der Waals surface area contributed by atoms with Crippen LogP contribution in [0.1, 0.15) is 30.4 Å². The summed E-state index contributed by atoms with van der Waals surface area (Å²) in [7, 11) is 0. The molecule has 0 spiro atoms. The predicted molar refractivity (Wildman–Crippen MR) is 82.3 cm³/mol. The van der Waals surface area contributed by atoms with E-state index in [0.717, 1.165) is 16.7 Å². The van der Waals surface area contributed by atoms with Gasteiger partial charge in [0.05, 0.1) is 6.42 Å². The Balaban J connectivity index is 2.28. The maximum absolute atomic E-state index is 10.7. The van der Waals surface area contributed by atoms with E-state index < -0.39 is 5.97 Å². The SMILES string of the molecule is Cc1ccc(Cl)cc1-c1ccc(C(C)CC(=O)O)cc1. The van der Waals surface area contributed by atoms with E-state index in [2.05, 4.69) is 0 Å². The Morgan fingerprint density at radius 2 is 1.85 bits per heavy atom. The quantitative estimate of drug-likeness (QED) is 0.869. The number of benzene rings is 2. The van der Waals surface area contributed by atoms with Crippen molar-refractivity contribution >= 4 is 17.6 Å². The second-order valence-electron chi connectivity index (χ2n) is 5.08. The zero-order valence-corrected chi connectivity index (χ0v) is 12.3. The smallest absolute Gasteiger partial charge is 0.303 e. The Morgan fingerprint density at radius 3 is 2.45 bits per heavy atom. The molecule has 104 valence electrons. The van der Waals surface area contributed by atoms with E-state index in [1.54, 1.807) is 0 Å². The molecule has 0 fully saturated rings. The van der Waals surface area contributed by atoms with E-state index in [-0.39, 0.29) is 12.3 Å². The maximum Gasteiger partial charge on any atom is 0.303 e. The summed E-state index contributed by atoms with van der Waals surface area (Å²) in [6.07, 6.45) is 0.148. The molecule has 0 heterocycles. The molecule has 1 N–H and O–H groups in total. The number of hydrogen-bond donors (Lipinski definition) is 1. The van der Waals surface area contributed by atoms with Crippen LogP contribution in [0.15, 0.2) is 42.5 Å². The summed E-state index contributed by atoms with van der Waals surface area (Å²) in [4.78, 5) is 10.7. The van der Waals surface area contributed by atoms with Crippen molar-refractivity contribution in [1.82, 2.24) is 0 Å². The highest BCUT2D eigenvalue weighted by atomic mass is 35.5. The molecule has 20 heavy (non-hydrogen) atoms. The lowest BCUT2D eigenvalue weighted by Gasteiger charge is -2.11. The highest BCUT2D eigenvalue weighted by Gasteiger charge is 2.10. The molecule has 2 nitrogen and oxygen atoms in total. The van der Waals surface area contributed by atoms with Gasteiger partial charge in [-0.25, -0.2) is 0 Å². The third-order valence-electron chi connectivity index (χ3n) is 3.47. The van der Waals surface area contributed by atoms with Crippen LogP contribution < -0.4 is 0 Å². The summed E-state index contributed by atoms with van der Waals surface area (Å²) in [5, 5.41) is 9.55. The van der Waals surface area contributed by atoms with Crippen molar-refractivity contribution in [2.24, 2.45) is 0 Å². The number of aryl methyl sites for hydroxylation is 1. The highest BCUT2D eigenvalue weighted by Crippen LogP contribution is 2.28. The number of carboxylic acid groups (broad SMARTS) is 1. The van der Waals surface area contributed by atoms with Gasteiger partial charge in [-0.2, -0.15) is 0 Å². The summed E-state index contributed by atoms with van der Waals surface area (Å²) in [5.41, 5.74) is 4.41. The molecule has 3 heteroatoms. The Morgan fingerprint density at radius 1 is 1.20 bits per heavy atom. The van der Waals surface area contributed by atoms with Crippen molar-refractivity contribution in [3.8, 4) is 11.1 Å². The molecule has 0 aliphatic rings. The van der Waals surface area contributed by atoms with Crippen molar-refractivity contribution in [3.05, 3.63) is 58.6 Å². The summed E-state index contributed by atoms with van der Waals surface area (Å²) in [6.45, 7) is 3.97. The van der Waals surface area contributed by atoms with Gasteiger partial charge in [0.25, 0.3) is 0 Å². The van der Waals surface area contributed by atoms with Crippen LogP contribution >= 0.6 is 11.6 Å². The van der Waals surface area contributed by atoms with E-state index in [0.29, 0.717) is 5.02 Å². The second kappa shape index (κ2) is 6.10. The van der Waals surface area contributed by atoms with Gasteiger partial charge in [0, 0.05) is 5.02 Å². The molecule has 0 saturated heterocycles. The van der Waals surface area contributed by atoms with Gasteiger partial charge in [-0.05, 0) is 47.2 Å². The first-order valence-electron chi connectivity index (χ1n) is 6.55. The molecule has 0 aliphatic heterocycles. The van der Waals surface area contributed by atoms with Crippen molar-refractivity contribution in [1.29, 1.82) is 0 Å². The normalized spacial score (nSPS) is 12.2. The molecule has 1 atom stereocenters. The minimum Gasteiger partial charge on any atom is -0.481 e. The van der Waals surface area contributed by atoms with Crippen LogP contribution in [0.25, 0.3) is 11.1 Å². The molecule has 1 unspecified atom stereocenters. The lowest BCUT2D eigenvalue weighted by molar-refractivity contribution is -0.137. The predicted octanol–water partition coefficient (Wildman–Crippen LogP) is 4.89. The van der Waals surface area contributed by atoms with Gasteiger partial charge in [-0.1, -0.05) is 48.9 Å². The van der Waals surface area contributed by atoms with Gasteiger partial charge < -0.3 is 5.11 Å². The molecular formula is C17H17ClO2. The topological polar surface area (TPSA) is 37.3 Å². The van der Waals surface area contributed by atoms with Gasteiger partial charge in [0.15, 0.2) is 0 Å². The molecule has 0 saturated carbocycles. The molecule has 0 aliphatic carbocycles. The first-order chi connectivity index (χ1) is 9.47. The lowest BCUT2D eigenvalue weighted by atomic mass is 9.94. The fraction of sp³-hybridized carbons (Fsp3) is 0.235. The van der Waals surface area contributed by atoms with Gasteiger partial charge in [-0.15, -0.1) is 0 Å². The standard InChI is InChI=1S/C17H17ClO2/c1-11-3-8-15(18)10-16(11)14-6-4-13(5-7-14)12(2)9-17(19)20/h3-8,10,12H,9H2,1-2H3,(H,19,20). The molecule has 0 aromatic heterocycles. The number of hydrogen-bond acceptors (Lipinski definition) is 1. The van der Waals surface area contributed by atoms with E-state index >= 15 is 0 Å². The largest absolute Gasteiger partial charge is 0.481 e. The maximum atomic E-state index is 10.7. The molecular weight excluding hydrogens is 272 g/mol. The first-order valence-corrected chi connectivity index (χ1v) is 6.93. The average Bonchev–Trinajstić information content (AvgIpc) is 2.41. The fourth-order valence-electron chi connectivity index (χ4n) is 2.28. The van der Waals surface area contributed by atoms with Crippen LogP contribution in [0, 0.1) is 6.92 Å². The van der Waals surface area contributed by atoms with Gasteiger partial charge >= 0.3 is 5.97 Å². The molecule has 0 radical (unpaired) electrons. The molecule has 0 amide bonds. The average molecular weight is 289 g/mol. The van der Waals surface area contributed by atoms with E-state index in [1.165, 1.54) is 5.56 Å². The van der Waals surface area contributed by atoms with Crippen LogP contribution in [0.2, 0.25) is 5.02 Å². The van der Waals surface area contributed by atoms with E-state index in [9.17, 15) is 4.79 Å². The number of aliphatic carboxylic acids is 1. The summed E-state index contributed by atoms with van der Waals surface area (Å²) >= 11 is 6.04. The Hall–Kier alpha value is -1.80. The minimum atomic E-state index is -0.771. The minimum absolute atomic E-state index is 0.0157. The Bertz CT molecular complexity index is 617. The molecule has 0 bridgehead atoms. The number of rotatable bonds is 4. The monoisotopic (exact) mass is 288 g/mol. The van der Waals surface area contributed by atoms with Crippen LogP contribution in [-0.2, 0) is 4.79 Å². The molecule has 2 aromatic rings. The van der Waals surface area contributed by atoms with Crippen LogP contribution in [0.3, 0.4) is 0 Å². The number of carboxylic acids is 1. The summed E-state index contributed by atoms with van der Waals surface area (Å²) in [5.74, 6) is -0.755. The van der Waals surface area contributed by atoms with E-state index in [1.807, 2.05) is 56.3 Å².